The van der Waals surface area contributed by atoms with Crippen LogP contribution in [0.25, 0.3) is 0 Å². The molecule has 0 aromatic carbocycles. The molecular weight excluding hydrogens is 284 g/mol. The lowest BCUT2D eigenvalue weighted by Gasteiger charge is -2.11. The Morgan fingerprint density at radius 1 is 1.52 bits per heavy atom. The molecule has 3 heterocycles. The van der Waals surface area contributed by atoms with Crippen molar-refractivity contribution in [3.8, 4) is 6.07 Å². The highest BCUT2D eigenvalue weighted by molar-refractivity contribution is 7.16. The number of anilines is 1. The van der Waals surface area contributed by atoms with E-state index in [1.165, 1.54) is 11.3 Å². The predicted octanol–water partition coefficient (Wildman–Crippen LogP) is 1.84. The summed E-state index contributed by atoms with van der Waals surface area (Å²) in [4.78, 5) is 17.4. The molecule has 106 valence electrons. The SMILES string of the molecule is N#Cc1c(NC(=O)Cc2ccccn2)sc2c1CCNC2. The van der Waals surface area contributed by atoms with Gasteiger partial charge in [-0.1, -0.05) is 6.07 Å². The van der Waals surface area contributed by atoms with Gasteiger partial charge in [0.25, 0.3) is 0 Å². The zero-order valence-electron chi connectivity index (χ0n) is 11.3. The maximum absolute atomic E-state index is 12.1. The lowest BCUT2D eigenvalue weighted by Crippen LogP contribution is -2.22. The van der Waals surface area contributed by atoms with E-state index in [4.69, 9.17) is 0 Å². The molecule has 0 bridgehead atoms. The molecule has 0 saturated carbocycles. The predicted molar refractivity (Wildman–Crippen MR) is 81.0 cm³/mol. The number of nitrogens with zero attached hydrogens (tertiary/aromatic N) is 2. The molecule has 0 fully saturated rings. The maximum atomic E-state index is 12.1. The van der Waals surface area contributed by atoms with Crippen molar-refractivity contribution in [3.05, 3.63) is 46.1 Å². The molecule has 0 aliphatic carbocycles. The quantitative estimate of drug-likeness (QED) is 0.906. The van der Waals surface area contributed by atoms with Crippen LogP contribution in [0.2, 0.25) is 0 Å². The van der Waals surface area contributed by atoms with E-state index >= 15 is 0 Å². The van der Waals surface area contributed by atoms with Crippen molar-refractivity contribution >= 4 is 22.2 Å². The van der Waals surface area contributed by atoms with Crippen LogP contribution in [-0.2, 0) is 24.2 Å². The van der Waals surface area contributed by atoms with Gasteiger partial charge >= 0.3 is 0 Å². The maximum Gasteiger partial charge on any atom is 0.231 e. The van der Waals surface area contributed by atoms with Gasteiger partial charge in [-0.25, -0.2) is 0 Å². The molecule has 2 N–H and O–H groups in total. The molecule has 3 rings (SSSR count). The average molecular weight is 298 g/mol. The molecule has 1 amide bonds. The summed E-state index contributed by atoms with van der Waals surface area (Å²) in [6, 6.07) is 7.71. The van der Waals surface area contributed by atoms with Crippen molar-refractivity contribution in [1.29, 1.82) is 5.26 Å². The molecule has 0 unspecified atom stereocenters. The van der Waals surface area contributed by atoms with Crippen molar-refractivity contribution in [1.82, 2.24) is 10.3 Å². The van der Waals surface area contributed by atoms with Gasteiger partial charge in [0.05, 0.1) is 12.0 Å². The molecule has 2 aromatic rings. The molecule has 0 spiro atoms. The molecule has 1 aliphatic rings. The summed E-state index contributed by atoms with van der Waals surface area (Å²) in [6.07, 6.45) is 2.72. The third-order valence-electron chi connectivity index (χ3n) is 3.36. The third-order valence-corrected chi connectivity index (χ3v) is 4.51. The van der Waals surface area contributed by atoms with Crippen molar-refractivity contribution in [2.24, 2.45) is 0 Å². The first-order valence-electron chi connectivity index (χ1n) is 6.73. The summed E-state index contributed by atoms with van der Waals surface area (Å²) < 4.78 is 0. The molecule has 0 atom stereocenters. The van der Waals surface area contributed by atoms with Crippen LogP contribution in [0.1, 0.15) is 21.7 Å². The Kier molecular flexibility index (Phi) is 3.95. The fraction of sp³-hybridized carbons (Fsp3) is 0.267. The molecule has 0 saturated heterocycles. The second-order valence-electron chi connectivity index (χ2n) is 4.79. The third kappa shape index (κ3) is 2.94. The number of thiophene rings is 1. The van der Waals surface area contributed by atoms with Gasteiger partial charge in [0, 0.05) is 23.3 Å². The molecule has 21 heavy (non-hydrogen) atoms. The fourth-order valence-corrected chi connectivity index (χ4v) is 3.56. The van der Waals surface area contributed by atoms with Gasteiger partial charge in [0.15, 0.2) is 0 Å². The summed E-state index contributed by atoms with van der Waals surface area (Å²) in [5.41, 5.74) is 2.41. The number of fused-ring (bicyclic) bond motifs is 1. The van der Waals surface area contributed by atoms with Crippen LogP contribution in [0.15, 0.2) is 24.4 Å². The first-order valence-corrected chi connectivity index (χ1v) is 7.54. The van der Waals surface area contributed by atoms with Gasteiger partial charge in [-0.3, -0.25) is 9.78 Å². The van der Waals surface area contributed by atoms with E-state index in [1.807, 2.05) is 18.2 Å². The van der Waals surface area contributed by atoms with Gasteiger partial charge in [-0.15, -0.1) is 11.3 Å². The average Bonchev–Trinajstić information content (AvgIpc) is 2.85. The first-order chi connectivity index (χ1) is 10.3. The molecule has 5 nitrogen and oxygen atoms in total. The minimum atomic E-state index is -0.142. The van der Waals surface area contributed by atoms with Gasteiger partial charge in [-0.2, -0.15) is 5.26 Å². The largest absolute Gasteiger partial charge is 0.316 e. The van der Waals surface area contributed by atoms with Crippen molar-refractivity contribution in [2.45, 2.75) is 19.4 Å². The number of hydrogen-bond donors (Lipinski definition) is 2. The van der Waals surface area contributed by atoms with Crippen LogP contribution in [0.3, 0.4) is 0 Å². The topological polar surface area (TPSA) is 77.8 Å². The summed E-state index contributed by atoms with van der Waals surface area (Å²) in [6.45, 7) is 1.64. The minimum absolute atomic E-state index is 0.142. The highest BCUT2D eigenvalue weighted by Gasteiger charge is 2.21. The van der Waals surface area contributed by atoms with Gasteiger partial charge in [0.2, 0.25) is 5.91 Å². The van der Waals surface area contributed by atoms with Crippen molar-refractivity contribution < 1.29 is 4.79 Å². The Morgan fingerprint density at radius 2 is 2.43 bits per heavy atom. The number of carbonyl (C=O) groups is 1. The number of hydrogen-bond acceptors (Lipinski definition) is 5. The van der Waals surface area contributed by atoms with Crippen LogP contribution in [-0.4, -0.2) is 17.4 Å². The Morgan fingerprint density at radius 3 is 3.19 bits per heavy atom. The monoisotopic (exact) mass is 298 g/mol. The van der Waals surface area contributed by atoms with Gasteiger partial charge in [-0.05, 0) is 30.7 Å². The Labute approximate surface area is 126 Å². The number of pyridine rings is 1. The Hall–Kier alpha value is -2.23. The lowest BCUT2D eigenvalue weighted by molar-refractivity contribution is -0.115. The van der Waals surface area contributed by atoms with E-state index in [0.717, 1.165) is 35.6 Å². The normalized spacial score (nSPS) is 13.3. The van der Waals surface area contributed by atoms with Crippen molar-refractivity contribution in [2.75, 3.05) is 11.9 Å². The van der Waals surface area contributed by atoms with E-state index < -0.39 is 0 Å². The van der Waals surface area contributed by atoms with E-state index in [0.29, 0.717) is 10.6 Å². The van der Waals surface area contributed by atoms with Crippen LogP contribution in [0, 0.1) is 11.3 Å². The van der Waals surface area contributed by atoms with E-state index in [9.17, 15) is 10.1 Å². The lowest BCUT2D eigenvalue weighted by atomic mass is 10.1. The Bertz CT molecular complexity index is 702. The second kappa shape index (κ2) is 6.04. The number of rotatable bonds is 3. The summed E-state index contributed by atoms with van der Waals surface area (Å²) >= 11 is 1.49. The van der Waals surface area contributed by atoms with Gasteiger partial charge in [0.1, 0.15) is 11.1 Å². The van der Waals surface area contributed by atoms with Crippen LogP contribution < -0.4 is 10.6 Å². The van der Waals surface area contributed by atoms with Crippen molar-refractivity contribution in [3.63, 3.8) is 0 Å². The second-order valence-corrected chi connectivity index (χ2v) is 5.90. The van der Waals surface area contributed by atoms with E-state index in [-0.39, 0.29) is 12.3 Å². The summed E-state index contributed by atoms with van der Waals surface area (Å²) in [7, 11) is 0. The molecule has 2 aromatic heterocycles. The Balaban J connectivity index is 1.77. The molecule has 0 radical (unpaired) electrons. The van der Waals surface area contributed by atoms with E-state index in [2.05, 4.69) is 21.7 Å². The number of nitrogens with one attached hydrogen (secondary N) is 2. The highest BCUT2D eigenvalue weighted by Crippen LogP contribution is 2.34. The van der Waals surface area contributed by atoms with Crippen LogP contribution >= 0.6 is 11.3 Å². The number of nitriles is 1. The minimum Gasteiger partial charge on any atom is -0.316 e. The number of carbonyl (C=O) groups excluding carboxylic acids is 1. The van der Waals surface area contributed by atoms with Crippen LogP contribution in [0.4, 0.5) is 5.00 Å². The molecule has 6 heteroatoms. The standard InChI is InChI=1S/C15H14N4OS/c16-8-12-11-4-6-17-9-13(11)21-15(12)19-14(20)7-10-3-1-2-5-18-10/h1-3,5,17H,4,6-7,9H2,(H,19,20). The van der Waals surface area contributed by atoms with E-state index in [1.54, 1.807) is 6.20 Å². The summed E-state index contributed by atoms with van der Waals surface area (Å²) in [5.74, 6) is -0.142. The summed E-state index contributed by atoms with van der Waals surface area (Å²) in [5, 5.41) is 16.1. The van der Waals surface area contributed by atoms with Gasteiger partial charge < -0.3 is 10.6 Å². The number of amides is 1. The zero-order valence-corrected chi connectivity index (χ0v) is 12.2. The fourth-order valence-electron chi connectivity index (χ4n) is 2.38. The highest BCUT2D eigenvalue weighted by atomic mass is 32.1. The number of aromatic nitrogens is 1. The molecular formula is C15H14N4OS. The zero-order chi connectivity index (χ0) is 14.7. The smallest absolute Gasteiger partial charge is 0.231 e. The first kappa shape index (κ1) is 13.7. The van der Waals surface area contributed by atoms with Crippen LogP contribution in [0.5, 0.6) is 0 Å². The molecule has 1 aliphatic heterocycles.